The zero-order valence-corrected chi connectivity index (χ0v) is 21.2. The van der Waals surface area contributed by atoms with E-state index in [0.29, 0.717) is 19.6 Å². The molecule has 2 atom stereocenters. The van der Waals surface area contributed by atoms with Crippen molar-refractivity contribution < 1.29 is 27.9 Å². The molecule has 9 heteroatoms. The van der Waals surface area contributed by atoms with Gasteiger partial charge < -0.3 is 9.47 Å². The lowest BCUT2D eigenvalue weighted by atomic mass is 9.89. The Hall–Kier alpha value is -2.75. The van der Waals surface area contributed by atoms with Gasteiger partial charge in [0.15, 0.2) is 9.84 Å². The Labute approximate surface area is 201 Å². The third kappa shape index (κ3) is 6.88. The molecule has 0 unspecified atom stereocenters. The van der Waals surface area contributed by atoms with Gasteiger partial charge in [-0.25, -0.2) is 13.9 Å². The Morgan fingerprint density at radius 1 is 1.09 bits per heavy atom. The van der Waals surface area contributed by atoms with Gasteiger partial charge >= 0.3 is 0 Å². The van der Waals surface area contributed by atoms with E-state index in [1.807, 2.05) is 55.5 Å². The second kappa shape index (κ2) is 12.1. The van der Waals surface area contributed by atoms with Crippen LogP contribution in [-0.4, -0.2) is 63.6 Å². The fraction of sp³-hybridized carbons (Fsp3) is 0.440. The summed E-state index contributed by atoms with van der Waals surface area (Å²) in [4.78, 5) is 16.5. The minimum absolute atomic E-state index is 0.0497. The molecule has 0 aliphatic carbocycles. The van der Waals surface area contributed by atoms with Crippen LogP contribution in [0.5, 0.6) is 5.75 Å². The molecule has 0 fully saturated rings. The Balaban J connectivity index is 2.11. The average Bonchev–Trinajstić information content (AvgIpc) is 2.82. The van der Waals surface area contributed by atoms with Crippen molar-refractivity contribution in [3.63, 3.8) is 0 Å². The molecule has 0 spiro atoms. The van der Waals surface area contributed by atoms with E-state index >= 15 is 0 Å². The van der Waals surface area contributed by atoms with E-state index in [9.17, 15) is 13.2 Å². The summed E-state index contributed by atoms with van der Waals surface area (Å²) >= 11 is 0. The number of methoxy groups -OCH3 is 1. The number of nitrogens with one attached hydrogen (secondary N) is 1. The standard InChI is InChI=1S/C25H34N2O6S/c1-18(17-25(2,24(28)27-29)34(5,30)31)16-23(26-3)21-8-6-19(7-9-21)20-10-12-22(13-11-20)33-15-14-32-4/h6-13,18,29H,14-17H2,1-5H3,(H,27,28)/t18-,25-/m1/s1. The van der Waals surface area contributed by atoms with Crippen LogP contribution in [0.25, 0.3) is 11.1 Å². The monoisotopic (exact) mass is 490 g/mol. The largest absolute Gasteiger partial charge is 0.491 e. The van der Waals surface area contributed by atoms with Gasteiger partial charge in [0.25, 0.3) is 5.91 Å². The van der Waals surface area contributed by atoms with E-state index in [-0.39, 0.29) is 12.3 Å². The molecule has 8 nitrogen and oxygen atoms in total. The number of hydroxylamine groups is 1. The van der Waals surface area contributed by atoms with Gasteiger partial charge in [-0.2, -0.15) is 0 Å². The highest BCUT2D eigenvalue weighted by atomic mass is 32.2. The molecule has 0 saturated heterocycles. The number of aliphatic imine (C=N–C) groups is 1. The Bertz CT molecular complexity index is 1080. The second-order valence-electron chi connectivity index (χ2n) is 8.57. The molecule has 0 radical (unpaired) electrons. The molecule has 34 heavy (non-hydrogen) atoms. The van der Waals surface area contributed by atoms with Crippen molar-refractivity contribution in [2.45, 2.75) is 31.4 Å². The summed E-state index contributed by atoms with van der Waals surface area (Å²) in [6.07, 6.45) is 1.53. The van der Waals surface area contributed by atoms with E-state index in [0.717, 1.165) is 34.4 Å². The highest BCUT2D eigenvalue weighted by molar-refractivity contribution is 7.92. The number of ether oxygens (including phenoxy) is 2. The molecule has 2 rings (SSSR count). The predicted octanol–water partition coefficient (Wildman–Crippen LogP) is 3.52. The van der Waals surface area contributed by atoms with Gasteiger partial charge in [0.1, 0.15) is 17.1 Å². The first-order valence-corrected chi connectivity index (χ1v) is 12.9. The van der Waals surface area contributed by atoms with Crippen LogP contribution in [0.15, 0.2) is 53.5 Å². The third-order valence-electron chi connectivity index (χ3n) is 5.91. The minimum atomic E-state index is -3.75. The maximum absolute atomic E-state index is 12.3. The van der Waals surface area contributed by atoms with Gasteiger partial charge in [-0.1, -0.05) is 43.3 Å². The zero-order chi connectivity index (χ0) is 25.4. The summed E-state index contributed by atoms with van der Waals surface area (Å²) in [6, 6.07) is 15.8. The summed E-state index contributed by atoms with van der Waals surface area (Å²) < 4.78 is 33.4. The number of nitrogens with zero attached hydrogens (tertiary/aromatic N) is 1. The van der Waals surface area contributed by atoms with E-state index in [4.69, 9.17) is 14.7 Å². The van der Waals surface area contributed by atoms with Crippen LogP contribution in [0.1, 0.15) is 32.3 Å². The lowest BCUT2D eigenvalue weighted by Gasteiger charge is -2.28. The first kappa shape index (κ1) is 27.5. The molecule has 0 saturated carbocycles. The molecule has 186 valence electrons. The van der Waals surface area contributed by atoms with Crippen LogP contribution >= 0.6 is 0 Å². The number of rotatable bonds is 12. The van der Waals surface area contributed by atoms with Crippen molar-refractivity contribution >= 4 is 21.5 Å². The zero-order valence-electron chi connectivity index (χ0n) is 20.4. The van der Waals surface area contributed by atoms with Crippen LogP contribution in [0.2, 0.25) is 0 Å². The third-order valence-corrected chi connectivity index (χ3v) is 7.90. The Morgan fingerprint density at radius 3 is 2.12 bits per heavy atom. The summed E-state index contributed by atoms with van der Waals surface area (Å²) in [5, 5.41) is 9.04. The average molecular weight is 491 g/mol. The summed E-state index contributed by atoms with van der Waals surface area (Å²) in [5.74, 6) is -0.333. The summed E-state index contributed by atoms with van der Waals surface area (Å²) in [6.45, 7) is 4.22. The first-order chi connectivity index (χ1) is 16.1. The van der Waals surface area contributed by atoms with Gasteiger partial charge in [0.05, 0.1) is 6.61 Å². The minimum Gasteiger partial charge on any atom is -0.491 e. The van der Waals surface area contributed by atoms with E-state index in [1.165, 1.54) is 12.4 Å². The SMILES string of the molecule is CN=C(C[C@@H](C)C[C@](C)(C(=O)NO)S(C)(=O)=O)c1ccc(-c2ccc(OCCOC)cc2)cc1. The Kier molecular flexibility index (Phi) is 9.78. The molecular weight excluding hydrogens is 456 g/mol. The van der Waals surface area contributed by atoms with Gasteiger partial charge in [0, 0.05) is 26.1 Å². The van der Waals surface area contributed by atoms with Crippen molar-refractivity contribution in [2.24, 2.45) is 10.9 Å². The predicted molar refractivity (Wildman–Crippen MR) is 133 cm³/mol. The molecule has 0 aliphatic heterocycles. The molecular formula is C25H34N2O6S. The van der Waals surface area contributed by atoms with Crippen molar-refractivity contribution in [2.75, 3.05) is 33.6 Å². The topological polar surface area (TPSA) is 114 Å². The number of amides is 1. The molecule has 0 aromatic heterocycles. The number of sulfone groups is 1. The van der Waals surface area contributed by atoms with Crippen molar-refractivity contribution in [3.8, 4) is 16.9 Å². The summed E-state index contributed by atoms with van der Waals surface area (Å²) in [5.41, 5.74) is 5.31. The Morgan fingerprint density at radius 2 is 1.65 bits per heavy atom. The fourth-order valence-corrected chi connectivity index (χ4v) is 4.75. The van der Waals surface area contributed by atoms with Gasteiger partial charge in [-0.05, 0) is 54.5 Å². The summed E-state index contributed by atoms with van der Waals surface area (Å²) in [7, 11) is -0.430. The fourth-order valence-electron chi connectivity index (χ4n) is 3.78. The first-order valence-electron chi connectivity index (χ1n) is 11.0. The highest BCUT2D eigenvalue weighted by Gasteiger charge is 2.44. The van der Waals surface area contributed by atoms with Crippen molar-refractivity contribution in [3.05, 3.63) is 54.1 Å². The lowest BCUT2D eigenvalue weighted by molar-refractivity contribution is -0.131. The number of carbonyl (C=O) groups is 1. The van der Waals surface area contributed by atoms with Crippen LogP contribution in [0.3, 0.4) is 0 Å². The van der Waals surface area contributed by atoms with Crippen molar-refractivity contribution in [1.82, 2.24) is 5.48 Å². The molecule has 2 N–H and O–H groups in total. The number of hydrogen-bond acceptors (Lipinski definition) is 7. The molecule has 2 aromatic carbocycles. The lowest BCUT2D eigenvalue weighted by Crippen LogP contribution is -2.50. The maximum Gasteiger partial charge on any atom is 0.264 e. The van der Waals surface area contributed by atoms with Crippen LogP contribution < -0.4 is 10.2 Å². The molecule has 0 heterocycles. The van der Waals surface area contributed by atoms with Gasteiger partial charge in [0.2, 0.25) is 0 Å². The number of hydrogen-bond donors (Lipinski definition) is 2. The van der Waals surface area contributed by atoms with Gasteiger partial charge in [-0.15, -0.1) is 0 Å². The van der Waals surface area contributed by atoms with Crippen LogP contribution in [-0.2, 0) is 19.4 Å². The van der Waals surface area contributed by atoms with E-state index in [1.54, 1.807) is 14.2 Å². The normalized spacial score (nSPS) is 14.8. The van der Waals surface area contributed by atoms with Crippen LogP contribution in [0.4, 0.5) is 0 Å². The molecule has 2 aromatic rings. The number of benzene rings is 2. The quantitative estimate of drug-likeness (QED) is 0.204. The highest BCUT2D eigenvalue weighted by Crippen LogP contribution is 2.29. The maximum atomic E-state index is 12.3. The molecule has 0 aliphatic rings. The van der Waals surface area contributed by atoms with Crippen LogP contribution in [0, 0.1) is 5.92 Å². The molecule has 0 bridgehead atoms. The van der Waals surface area contributed by atoms with Gasteiger partial charge in [-0.3, -0.25) is 15.0 Å². The van der Waals surface area contributed by atoms with Crippen molar-refractivity contribution in [1.29, 1.82) is 0 Å². The smallest absolute Gasteiger partial charge is 0.264 e. The number of carbonyl (C=O) groups excluding carboxylic acids is 1. The second-order valence-corrected chi connectivity index (χ2v) is 11.0. The molecule has 1 amide bonds. The van der Waals surface area contributed by atoms with E-state index in [2.05, 4.69) is 4.99 Å². The van der Waals surface area contributed by atoms with E-state index < -0.39 is 20.5 Å².